The van der Waals surface area contributed by atoms with Crippen LogP contribution in [0.15, 0.2) is 41.0 Å². The van der Waals surface area contributed by atoms with Crippen LogP contribution < -0.4 is 4.90 Å². The Hall–Kier alpha value is -1.33. The Morgan fingerprint density at radius 1 is 1.18 bits per heavy atom. The first-order chi connectivity index (χ1) is 10.7. The Morgan fingerprint density at radius 2 is 1.95 bits per heavy atom. The predicted molar refractivity (Wildman–Crippen MR) is 97.0 cm³/mol. The Kier molecular flexibility index (Phi) is 3.70. The summed E-state index contributed by atoms with van der Waals surface area (Å²) in [6, 6.07) is 11.2. The summed E-state index contributed by atoms with van der Waals surface area (Å²) < 4.78 is 4.91. The number of rotatable bonds is 2. The number of hydrogen-bond acceptors (Lipinski definition) is 3. The molecule has 0 aliphatic carbocycles. The molecular weight excluding hydrogens is 358 g/mol. The van der Waals surface area contributed by atoms with E-state index in [1.165, 1.54) is 32.8 Å². The van der Waals surface area contributed by atoms with E-state index in [1.807, 2.05) is 11.3 Å². The molecule has 1 fully saturated rings. The average molecular weight is 376 g/mol. The number of fused-ring (bicyclic) bond motifs is 1. The van der Waals surface area contributed by atoms with Gasteiger partial charge in [-0.15, -0.1) is 0 Å². The lowest BCUT2D eigenvalue weighted by atomic mass is 10.1. The summed E-state index contributed by atoms with van der Waals surface area (Å²) >= 11 is 5.42. The molecule has 114 valence electrons. The first kappa shape index (κ1) is 14.3. The number of piperidine rings is 1. The first-order valence-corrected chi connectivity index (χ1v) is 9.27. The van der Waals surface area contributed by atoms with E-state index in [1.54, 1.807) is 0 Å². The molecule has 5 heteroatoms. The molecule has 3 aromatic rings. The normalized spacial score (nSPS) is 16.5. The minimum Gasteiger partial charge on any atom is -0.348 e. The lowest BCUT2D eigenvalue weighted by Gasteiger charge is -2.33. The molecule has 2 aromatic heterocycles. The summed E-state index contributed by atoms with van der Waals surface area (Å²) in [7, 11) is 0. The van der Waals surface area contributed by atoms with Gasteiger partial charge in [-0.1, -0.05) is 23.5 Å². The zero-order valence-corrected chi connectivity index (χ0v) is 14.9. The van der Waals surface area contributed by atoms with Gasteiger partial charge in [0.1, 0.15) is 0 Å². The Bertz CT molecular complexity index is 766. The molecule has 0 bridgehead atoms. The van der Waals surface area contributed by atoms with Crippen LogP contribution >= 0.6 is 27.3 Å². The highest BCUT2D eigenvalue weighted by atomic mass is 79.9. The molecule has 0 unspecified atom stereocenters. The largest absolute Gasteiger partial charge is 0.348 e. The number of anilines is 1. The van der Waals surface area contributed by atoms with Gasteiger partial charge < -0.3 is 9.47 Å². The van der Waals surface area contributed by atoms with E-state index in [4.69, 9.17) is 4.98 Å². The number of nitrogens with zero attached hydrogens (tertiary/aromatic N) is 3. The molecule has 22 heavy (non-hydrogen) atoms. The van der Waals surface area contributed by atoms with Crippen LogP contribution in [0.3, 0.4) is 0 Å². The maximum Gasteiger partial charge on any atom is 0.186 e. The Labute approximate surface area is 142 Å². The Balaban J connectivity index is 1.50. The van der Waals surface area contributed by atoms with E-state index >= 15 is 0 Å². The van der Waals surface area contributed by atoms with E-state index in [9.17, 15) is 0 Å². The zero-order valence-electron chi connectivity index (χ0n) is 12.5. The lowest BCUT2D eigenvalue weighted by molar-refractivity contribution is 0.392. The second-order valence-electron chi connectivity index (χ2n) is 5.84. The van der Waals surface area contributed by atoms with Gasteiger partial charge in [-0.05, 0) is 53.9 Å². The number of aromatic nitrogens is 2. The minimum atomic E-state index is 0.608. The predicted octanol–water partition coefficient (Wildman–Crippen LogP) is 5.01. The minimum absolute atomic E-state index is 0.608. The molecule has 0 saturated carbocycles. The van der Waals surface area contributed by atoms with E-state index in [0.717, 1.165) is 18.6 Å². The van der Waals surface area contributed by atoms with Crippen LogP contribution in [-0.2, 0) is 0 Å². The third-order valence-corrected chi connectivity index (χ3v) is 6.46. The highest BCUT2D eigenvalue weighted by Crippen LogP contribution is 2.33. The molecule has 0 radical (unpaired) electrons. The number of para-hydroxylation sites is 1. The van der Waals surface area contributed by atoms with Crippen LogP contribution in [0.5, 0.6) is 0 Å². The summed E-state index contributed by atoms with van der Waals surface area (Å²) in [5.74, 6) is 0. The fraction of sp³-hybridized carbons (Fsp3) is 0.353. The Morgan fingerprint density at radius 3 is 2.64 bits per heavy atom. The van der Waals surface area contributed by atoms with Gasteiger partial charge in [0.05, 0.1) is 10.2 Å². The molecule has 3 heterocycles. The number of halogens is 1. The maximum atomic E-state index is 4.79. The van der Waals surface area contributed by atoms with Crippen LogP contribution in [0.2, 0.25) is 0 Å². The fourth-order valence-electron chi connectivity index (χ4n) is 3.23. The van der Waals surface area contributed by atoms with Crippen molar-refractivity contribution in [2.45, 2.75) is 25.8 Å². The molecule has 0 N–H and O–H groups in total. The molecule has 1 saturated heterocycles. The fourth-order valence-corrected chi connectivity index (χ4v) is 4.57. The topological polar surface area (TPSA) is 21.1 Å². The molecule has 1 aromatic carbocycles. The SMILES string of the molecule is Cc1c(Br)ccn1C1CCN(c2nc3ccccc3s2)CC1. The average Bonchev–Trinajstić information content (AvgIpc) is 3.12. The molecule has 1 aliphatic heterocycles. The van der Waals surface area contributed by atoms with Crippen LogP contribution in [0, 0.1) is 6.92 Å². The summed E-state index contributed by atoms with van der Waals surface area (Å²) in [4.78, 5) is 7.23. The monoisotopic (exact) mass is 375 g/mol. The van der Waals surface area contributed by atoms with Crippen LogP contribution in [0.25, 0.3) is 10.2 Å². The smallest absolute Gasteiger partial charge is 0.186 e. The van der Waals surface area contributed by atoms with Gasteiger partial charge in [0, 0.05) is 35.5 Å². The van der Waals surface area contributed by atoms with E-state index in [-0.39, 0.29) is 0 Å². The van der Waals surface area contributed by atoms with Crippen molar-refractivity contribution in [3.05, 3.63) is 46.7 Å². The van der Waals surface area contributed by atoms with Crippen molar-refractivity contribution in [1.82, 2.24) is 9.55 Å². The van der Waals surface area contributed by atoms with Crippen molar-refractivity contribution in [3.63, 3.8) is 0 Å². The van der Waals surface area contributed by atoms with Gasteiger partial charge in [0.15, 0.2) is 5.13 Å². The van der Waals surface area contributed by atoms with Crippen LogP contribution in [-0.4, -0.2) is 22.6 Å². The molecule has 0 amide bonds. The molecule has 0 atom stereocenters. The van der Waals surface area contributed by atoms with Crippen LogP contribution in [0.4, 0.5) is 5.13 Å². The molecule has 1 aliphatic rings. The van der Waals surface area contributed by atoms with Crippen molar-refractivity contribution in [3.8, 4) is 0 Å². The quantitative estimate of drug-likeness (QED) is 0.627. The molecular formula is C17H18BrN3S. The molecule has 3 nitrogen and oxygen atoms in total. The van der Waals surface area contributed by atoms with Gasteiger partial charge in [-0.3, -0.25) is 0 Å². The second kappa shape index (κ2) is 5.70. The number of thiazole rings is 1. The number of benzene rings is 1. The molecule has 0 spiro atoms. The van der Waals surface area contributed by atoms with E-state index < -0.39 is 0 Å². The van der Waals surface area contributed by atoms with Gasteiger partial charge in [-0.25, -0.2) is 4.98 Å². The van der Waals surface area contributed by atoms with Crippen molar-refractivity contribution in [1.29, 1.82) is 0 Å². The van der Waals surface area contributed by atoms with Gasteiger partial charge in [0.25, 0.3) is 0 Å². The third-order valence-electron chi connectivity index (χ3n) is 4.53. The van der Waals surface area contributed by atoms with E-state index in [2.05, 4.69) is 68.8 Å². The molecule has 4 rings (SSSR count). The highest BCUT2D eigenvalue weighted by Gasteiger charge is 2.23. The van der Waals surface area contributed by atoms with Crippen molar-refractivity contribution in [2.24, 2.45) is 0 Å². The summed E-state index contributed by atoms with van der Waals surface area (Å²) in [6.07, 6.45) is 4.56. The van der Waals surface area contributed by atoms with Gasteiger partial charge in [0.2, 0.25) is 0 Å². The lowest BCUT2D eigenvalue weighted by Crippen LogP contribution is -2.34. The second-order valence-corrected chi connectivity index (χ2v) is 7.70. The van der Waals surface area contributed by atoms with Crippen LogP contribution in [0.1, 0.15) is 24.6 Å². The maximum absolute atomic E-state index is 4.79. The first-order valence-electron chi connectivity index (χ1n) is 7.66. The van der Waals surface area contributed by atoms with E-state index in [0.29, 0.717) is 6.04 Å². The van der Waals surface area contributed by atoms with Gasteiger partial charge in [-0.2, -0.15) is 0 Å². The zero-order chi connectivity index (χ0) is 15.1. The standard InChI is InChI=1S/C17H18BrN3S/c1-12-14(18)8-11-21(12)13-6-9-20(10-7-13)17-19-15-4-2-3-5-16(15)22-17/h2-5,8,11,13H,6-7,9-10H2,1H3. The summed E-state index contributed by atoms with van der Waals surface area (Å²) in [5.41, 5.74) is 2.45. The van der Waals surface area contributed by atoms with Crippen molar-refractivity contribution in [2.75, 3.05) is 18.0 Å². The third kappa shape index (κ3) is 2.46. The summed E-state index contributed by atoms with van der Waals surface area (Å²) in [6.45, 7) is 4.35. The highest BCUT2D eigenvalue weighted by molar-refractivity contribution is 9.10. The van der Waals surface area contributed by atoms with Crippen molar-refractivity contribution >= 4 is 42.6 Å². The van der Waals surface area contributed by atoms with Gasteiger partial charge >= 0.3 is 0 Å². The number of hydrogen-bond donors (Lipinski definition) is 0. The van der Waals surface area contributed by atoms with Crippen molar-refractivity contribution < 1.29 is 0 Å². The summed E-state index contributed by atoms with van der Waals surface area (Å²) in [5, 5.41) is 1.17.